The summed E-state index contributed by atoms with van der Waals surface area (Å²) in [5.41, 5.74) is 0.498. The van der Waals surface area contributed by atoms with Crippen molar-refractivity contribution in [2.24, 2.45) is 0 Å². The zero-order valence-corrected chi connectivity index (χ0v) is 13.5. The van der Waals surface area contributed by atoms with Crippen LogP contribution in [0.5, 0.6) is 0 Å². The largest absolute Gasteiger partial charge is 0.480 e. The average Bonchev–Trinajstić information content (AvgIpc) is 2.52. The molecule has 0 saturated heterocycles. The van der Waals surface area contributed by atoms with Gasteiger partial charge in [0.05, 0.1) is 6.54 Å². The van der Waals surface area contributed by atoms with E-state index in [1.54, 1.807) is 24.3 Å². The number of benzene rings is 1. The summed E-state index contributed by atoms with van der Waals surface area (Å²) in [7, 11) is 0. The number of urea groups is 1. The van der Waals surface area contributed by atoms with Crippen LogP contribution in [0, 0.1) is 0 Å². The molecule has 5 N–H and O–H groups in total. The predicted octanol–water partition coefficient (Wildman–Crippen LogP) is 0.167. The molecule has 0 saturated carbocycles. The molecule has 4 amide bonds. The fourth-order valence-corrected chi connectivity index (χ4v) is 1.65. The Kier molecular flexibility index (Phi) is 7.50. The molecule has 0 aliphatic heterocycles. The lowest BCUT2D eigenvalue weighted by Crippen LogP contribution is -2.48. The summed E-state index contributed by atoms with van der Waals surface area (Å²) in [5, 5.41) is 18.2. The summed E-state index contributed by atoms with van der Waals surface area (Å²) >= 11 is 5.73. The lowest BCUT2D eigenvalue weighted by molar-refractivity contribution is -0.137. The molecule has 24 heavy (non-hydrogen) atoms. The number of carbonyl (C=O) groups is 4. The molecule has 0 aliphatic rings. The van der Waals surface area contributed by atoms with Crippen molar-refractivity contribution in [2.45, 2.75) is 13.0 Å². The van der Waals surface area contributed by atoms with Gasteiger partial charge in [0.2, 0.25) is 11.8 Å². The Bertz CT molecular complexity index is 620. The molecule has 1 rings (SSSR count). The molecule has 0 spiro atoms. The second-order valence-corrected chi connectivity index (χ2v) is 5.15. The second kappa shape index (κ2) is 9.36. The fraction of sp³-hybridized carbons (Fsp3) is 0.286. The lowest BCUT2D eigenvalue weighted by atomic mass is 10.3. The van der Waals surface area contributed by atoms with Gasteiger partial charge in [-0.25, -0.2) is 4.79 Å². The first-order chi connectivity index (χ1) is 11.3. The molecular formula is C14H17ClN4O5. The Balaban J connectivity index is 2.34. The molecule has 0 aromatic heterocycles. The summed E-state index contributed by atoms with van der Waals surface area (Å²) in [6, 6.07) is 4.89. The maximum Gasteiger partial charge on any atom is 0.322 e. The number of aliphatic carboxylic acids is 1. The van der Waals surface area contributed by atoms with Gasteiger partial charge in [-0.05, 0) is 31.2 Å². The highest BCUT2D eigenvalue weighted by Gasteiger charge is 2.16. The third-order valence-corrected chi connectivity index (χ3v) is 2.95. The van der Waals surface area contributed by atoms with Gasteiger partial charge in [-0.15, -0.1) is 0 Å². The number of hydrogen-bond donors (Lipinski definition) is 5. The molecule has 130 valence electrons. The molecule has 10 heteroatoms. The average molecular weight is 357 g/mol. The molecule has 0 heterocycles. The Morgan fingerprint density at radius 3 is 2.29 bits per heavy atom. The van der Waals surface area contributed by atoms with Crippen molar-refractivity contribution in [2.75, 3.05) is 18.4 Å². The number of carboxylic acid groups (broad SMARTS) is 1. The number of halogens is 1. The predicted molar refractivity (Wildman–Crippen MR) is 86.7 cm³/mol. The first-order valence-corrected chi connectivity index (χ1v) is 7.25. The van der Waals surface area contributed by atoms with Crippen LogP contribution in [0.15, 0.2) is 24.3 Å². The standard InChI is InChI=1S/C14H17ClN4O5/c1-8(13(23)17-6-11(20)16-7-12(21)22)18-14(24)19-10-4-2-9(15)3-5-10/h2-5,8H,6-7H2,1H3,(H,16,20)(H,17,23)(H,21,22)(H2,18,19,24). The van der Waals surface area contributed by atoms with Crippen LogP contribution >= 0.6 is 11.6 Å². The van der Waals surface area contributed by atoms with Gasteiger partial charge in [0, 0.05) is 10.7 Å². The minimum absolute atomic E-state index is 0.392. The summed E-state index contributed by atoms with van der Waals surface area (Å²) < 4.78 is 0. The summed E-state index contributed by atoms with van der Waals surface area (Å²) in [5.74, 6) is -2.43. The highest BCUT2D eigenvalue weighted by atomic mass is 35.5. The molecule has 9 nitrogen and oxygen atoms in total. The Hall–Kier alpha value is -2.81. The van der Waals surface area contributed by atoms with E-state index in [0.717, 1.165) is 0 Å². The maximum atomic E-state index is 11.8. The van der Waals surface area contributed by atoms with Gasteiger partial charge in [-0.3, -0.25) is 14.4 Å². The van der Waals surface area contributed by atoms with Gasteiger partial charge in [0.15, 0.2) is 0 Å². The summed E-state index contributed by atoms with van der Waals surface area (Å²) in [6.45, 7) is 0.509. The number of carbonyl (C=O) groups excluding carboxylic acids is 3. The molecule has 1 aromatic rings. The van der Waals surface area contributed by atoms with Crippen LogP contribution < -0.4 is 21.3 Å². The van der Waals surface area contributed by atoms with Gasteiger partial charge in [0.1, 0.15) is 12.6 Å². The maximum absolute atomic E-state index is 11.8. The van der Waals surface area contributed by atoms with Crippen LogP contribution in [0.4, 0.5) is 10.5 Å². The van der Waals surface area contributed by atoms with Crippen LogP contribution in [0.2, 0.25) is 5.02 Å². The van der Waals surface area contributed by atoms with Crippen LogP contribution in [-0.2, 0) is 14.4 Å². The van der Waals surface area contributed by atoms with Crippen molar-refractivity contribution in [3.8, 4) is 0 Å². The van der Waals surface area contributed by atoms with Gasteiger partial charge in [0.25, 0.3) is 0 Å². The highest BCUT2D eigenvalue weighted by Crippen LogP contribution is 2.13. The molecule has 1 aromatic carbocycles. The minimum Gasteiger partial charge on any atom is -0.480 e. The molecule has 0 bridgehead atoms. The molecule has 1 atom stereocenters. The highest BCUT2D eigenvalue weighted by molar-refractivity contribution is 6.30. The first-order valence-electron chi connectivity index (χ1n) is 6.87. The SMILES string of the molecule is CC(NC(=O)Nc1ccc(Cl)cc1)C(=O)NCC(=O)NCC(=O)O. The Labute approximate surface area is 142 Å². The minimum atomic E-state index is -1.19. The van der Waals surface area contributed by atoms with E-state index in [0.29, 0.717) is 10.7 Å². The van der Waals surface area contributed by atoms with Crippen LogP contribution in [0.25, 0.3) is 0 Å². The number of hydrogen-bond acceptors (Lipinski definition) is 4. The van der Waals surface area contributed by atoms with E-state index in [-0.39, 0.29) is 0 Å². The normalized spacial score (nSPS) is 11.1. The third-order valence-electron chi connectivity index (χ3n) is 2.70. The first kappa shape index (κ1) is 19.2. The number of rotatable bonds is 7. The number of anilines is 1. The monoisotopic (exact) mass is 356 g/mol. The second-order valence-electron chi connectivity index (χ2n) is 4.72. The van der Waals surface area contributed by atoms with Gasteiger partial charge >= 0.3 is 12.0 Å². The quantitative estimate of drug-likeness (QED) is 0.474. The van der Waals surface area contributed by atoms with Crippen molar-refractivity contribution >= 4 is 41.1 Å². The van der Waals surface area contributed by atoms with Crippen LogP contribution in [0.1, 0.15) is 6.92 Å². The van der Waals surface area contributed by atoms with Crippen molar-refractivity contribution in [1.29, 1.82) is 0 Å². The molecule has 1 unspecified atom stereocenters. The van der Waals surface area contributed by atoms with Crippen LogP contribution in [0.3, 0.4) is 0 Å². The molecular weight excluding hydrogens is 340 g/mol. The molecule has 0 fully saturated rings. The zero-order chi connectivity index (χ0) is 18.1. The number of nitrogens with one attached hydrogen (secondary N) is 4. The van der Waals surface area contributed by atoms with E-state index in [4.69, 9.17) is 16.7 Å². The van der Waals surface area contributed by atoms with Crippen molar-refractivity contribution in [1.82, 2.24) is 16.0 Å². The summed E-state index contributed by atoms with van der Waals surface area (Å²) in [4.78, 5) is 45.0. The van der Waals surface area contributed by atoms with Crippen molar-refractivity contribution in [3.05, 3.63) is 29.3 Å². The van der Waals surface area contributed by atoms with Gasteiger partial charge in [-0.1, -0.05) is 11.6 Å². The third kappa shape index (κ3) is 7.45. The fourth-order valence-electron chi connectivity index (χ4n) is 1.52. The number of carboxylic acids is 1. The van der Waals surface area contributed by atoms with E-state index >= 15 is 0 Å². The van der Waals surface area contributed by atoms with E-state index in [1.807, 2.05) is 0 Å². The molecule has 0 radical (unpaired) electrons. The Morgan fingerprint density at radius 1 is 1.08 bits per heavy atom. The van der Waals surface area contributed by atoms with Crippen molar-refractivity contribution in [3.63, 3.8) is 0 Å². The van der Waals surface area contributed by atoms with E-state index in [2.05, 4.69) is 21.3 Å². The molecule has 0 aliphatic carbocycles. The topological polar surface area (TPSA) is 137 Å². The Morgan fingerprint density at radius 2 is 1.71 bits per heavy atom. The van der Waals surface area contributed by atoms with Gasteiger partial charge in [-0.2, -0.15) is 0 Å². The van der Waals surface area contributed by atoms with Crippen LogP contribution in [-0.4, -0.2) is 48.1 Å². The van der Waals surface area contributed by atoms with Gasteiger partial charge < -0.3 is 26.4 Å². The smallest absolute Gasteiger partial charge is 0.322 e. The summed E-state index contributed by atoms with van der Waals surface area (Å²) in [6.07, 6.45) is 0. The van der Waals surface area contributed by atoms with E-state index in [9.17, 15) is 19.2 Å². The van der Waals surface area contributed by atoms with E-state index in [1.165, 1.54) is 6.92 Å². The van der Waals surface area contributed by atoms with Crippen molar-refractivity contribution < 1.29 is 24.3 Å². The lowest BCUT2D eigenvalue weighted by Gasteiger charge is -2.14. The number of amides is 4. The zero-order valence-electron chi connectivity index (χ0n) is 12.8. The van der Waals surface area contributed by atoms with E-state index < -0.39 is 42.9 Å².